The van der Waals surface area contributed by atoms with E-state index < -0.39 is 0 Å². The van der Waals surface area contributed by atoms with Crippen LogP contribution in [0.5, 0.6) is 0 Å². The van der Waals surface area contributed by atoms with Gasteiger partial charge in [0.15, 0.2) is 0 Å². The summed E-state index contributed by atoms with van der Waals surface area (Å²) in [4.78, 5) is 27.7. The molecule has 0 bridgehead atoms. The molecule has 0 aliphatic carbocycles. The van der Waals surface area contributed by atoms with Gasteiger partial charge in [-0.1, -0.05) is 54.0 Å². The predicted molar refractivity (Wildman–Crippen MR) is 124 cm³/mol. The number of piperidine rings is 1. The fourth-order valence-electron chi connectivity index (χ4n) is 3.66. The number of carbonyl (C=O) groups excluding carboxylic acids is 2. The molecule has 2 N–H and O–H groups in total. The minimum Gasteiger partial charge on any atom is -0.352 e. The van der Waals surface area contributed by atoms with Crippen LogP contribution in [0.15, 0.2) is 53.0 Å². The Morgan fingerprint density at radius 1 is 1.10 bits per heavy atom. The van der Waals surface area contributed by atoms with Crippen LogP contribution in [-0.2, 0) is 11.3 Å². The van der Waals surface area contributed by atoms with Gasteiger partial charge in [-0.3, -0.25) is 14.5 Å². The van der Waals surface area contributed by atoms with Crippen LogP contribution in [0.25, 0.3) is 0 Å². The first kappa shape index (κ1) is 22.5. The highest BCUT2D eigenvalue weighted by Gasteiger charge is 2.26. The number of nitrogens with zero attached hydrogens (tertiary/aromatic N) is 1. The van der Waals surface area contributed by atoms with E-state index in [4.69, 9.17) is 0 Å². The molecule has 1 aliphatic heterocycles. The van der Waals surface area contributed by atoms with E-state index >= 15 is 0 Å². The molecule has 0 saturated carbocycles. The molecule has 1 heterocycles. The van der Waals surface area contributed by atoms with Crippen molar-refractivity contribution in [3.8, 4) is 0 Å². The molecule has 0 atom stereocenters. The van der Waals surface area contributed by atoms with Crippen molar-refractivity contribution in [2.75, 3.05) is 25.0 Å². The molecule has 2 aromatic carbocycles. The van der Waals surface area contributed by atoms with E-state index in [1.807, 2.05) is 24.3 Å². The maximum absolute atomic E-state index is 12.9. The van der Waals surface area contributed by atoms with Crippen molar-refractivity contribution in [1.82, 2.24) is 10.2 Å². The Bertz CT molecular complexity index is 876. The summed E-state index contributed by atoms with van der Waals surface area (Å²) in [6.45, 7) is 7.39. The molecule has 1 fully saturated rings. The zero-order valence-corrected chi connectivity index (χ0v) is 19.2. The first-order valence-electron chi connectivity index (χ1n) is 10.6. The molecular weight excluding hydrogens is 442 g/mol. The van der Waals surface area contributed by atoms with Crippen molar-refractivity contribution in [1.29, 1.82) is 0 Å². The third kappa shape index (κ3) is 6.41. The van der Waals surface area contributed by atoms with Crippen LogP contribution in [0.2, 0.25) is 0 Å². The van der Waals surface area contributed by atoms with Crippen molar-refractivity contribution < 1.29 is 9.59 Å². The maximum atomic E-state index is 12.9. The summed E-state index contributed by atoms with van der Waals surface area (Å²) >= 11 is 3.52. The van der Waals surface area contributed by atoms with Gasteiger partial charge >= 0.3 is 0 Å². The van der Waals surface area contributed by atoms with Crippen molar-refractivity contribution in [2.45, 2.75) is 33.2 Å². The zero-order valence-electron chi connectivity index (χ0n) is 17.7. The summed E-state index contributed by atoms with van der Waals surface area (Å²) in [6.07, 6.45) is 1.64. The van der Waals surface area contributed by atoms with Gasteiger partial charge in [-0.05, 0) is 61.7 Å². The number of halogens is 1. The second kappa shape index (κ2) is 10.7. The molecule has 3 rings (SSSR count). The molecule has 30 heavy (non-hydrogen) atoms. The highest BCUT2D eigenvalue weighted by Crippen LogP contribution is 2.23. The highest BCUT2D eigenvalue weighted by molar-refractivity contribution is 9.10. The van der Waals surface area contributed by atoms with Gasteiger partial charge in [0.1, 0.15) is 0 Å². The van der Waals surface area contributed by atoms with Crippen molar-refractivity contribution in [3.05, 3.63) is 64.1 Å². The maximum Gasteiger partial charge on any atom is 0.253 e. The number of likely N-dealkylation sites (tertiary alicyclic amines) is 1. The lowest BCUT2D eigenvalue weighted by atomic mass is 9.95. The third-order valence-electron chi connectivity index (χ3n) is 5.35. The smallest absolute Gasteiger partial charge is 0.253 e. The van der Waals surface area contributed by atoms with Crippen LogP contribution in [0.3, 0.4) is 0 Å². The number of amides is 2. The molecule has 0 radical (unpaired) electrons. The Labute approximate surface area is 187 Å². The Kier molecular flexibility index (Phi) is 8.05. The summed E-state index contributed by atoms with van der Waals surface area (Å²) in [6, 6.07) is 15.6. The lowest BCUT2D eigenvalue weighted by molar-refractivity contribution is -0.121. The van der Waals surface area contributed by atoms with Crippen LogP contribution in [0, 0.1) is 11.8 Å². The Morgan fingerprint density at radius 3 is 2.53 bits per heavy atom. The van der Waals surface area contributed by atoms with Gasteiger partial charge < -0.3 is 10.6 Å². The molecule has 1 saturated heterocycles. The normalized spacial score (nSPS) is 15.2. The average Bonchev–Trinajstić information content (AvgIpc) is 2.73. The van der Waals surface area contributed by atoms with E-state index in [1.165, 1.54) is 5.56 Å². The van der Waals surface area contributed by atoms with Crippen LogP contribution in [0.4, 0.5) is 5.69 Å². The summed E-state index contributed by atoms with van der Waals surface area (Å²) < 4.78 is 1.09. The van der Waals surface area contributed by atoms with Crippen molar-refractivity contribution in [2.24, 2.45) is 11.8 Å². The van der Waals surface area contributed by atoms with Gasteiger partial charge in [0.2, 0.25) is 5.91 Å². The monoisotopic (exact) mass is 471 g/mol. The van der Waals surface area contributed by atoms with Crippen LogP contribution >= 0.6 is 15.9 Å². The Balaban J connectivity index is 1.54. The van der Waals surface area contributed by atoms with E-state index in [0.717, 1.165) is 36.9 Å². The topological polar surface area (TPSA) is 61.4 Å². The third-order valence-corrected chi connectivity index (χ3v) is 5.85. The summed E-state index contributed by atoms with van der Waals surface area (Å²) in [5.74, 6) is 0.193. The highest BCUT2D eigenvalue weighted by atomic mass is 79.9. The number of benzene rings is 2. The van der Waals surface area contributed by atoms with E-state index in [-0.39, 0.29) is 17.7 Å². The van der Waals surface area contributed by atoms with E-state index in [1.54, 1.807) is 12.1 Å². The molecule has 0 unspecified atom stereocenters. The Morgan fingerprint density at radius 2 is 1.83 bits per heavy atom. The lowest BCUT2D eigenvalue weighted by Gasteiger charge is -2.31. The van der Waals surface area contributed by atoms with Gasteiger partial charge in [0, 0.05) is 23.5 Å². The van der Waals surface area contributed by atoms with Crippen molar-refractivity contribution >= 4 is 33.4 Å². The fourth-order valence-corrected chi connectivity index (χ4v) is 4.11. The summed E-state index contributed by atoms with van der Waals surface area (Å²) in [7, 11) is 0. The summed E-state index contributed by atoms with van der Waals surface area (Å²) in [5, 5.41) is 5.92. The Hall–Kier alpha value is -2.18. The molecule has 0 spiro atoms. The largest absolute Gasteiger partial charge is 0.352 e. The quantitative estimate of drug-likeness (QED) is 0.615. The van der Waals surface area contributed by atoms with E-state index in [0.29, 0.717) is 23.7 Å². The SMILES string of the molecule is CC(C)CNC(=O)c1ccccc1NC(=O)C1CCN(Cc2cccc(Br)c2)CC1. The lowest BCUT2D eigenvalue weighted by Crippen LogP contribution is -2.38. The predicted octanol–water partition coefficient (Wildman–Crippen LogP) is 4.69. The molecule has 1 aliphatic rings. The first-order valence-corrected chi connectivity index (χ1v) is 11.4. The van der Waals surface area contributed by atoms with Crippen LogP contribution in [0.1, 0.15) is 42.6 Å². The minimum atomic E-state index is -0.150. The molecule has 2 aromatic rings. The number of nitrogens with one attached hydrogen (secondary N) is 2. The van der Waals surface area contributed by atoms with Gasteiger partial charge in [-0.25, -0.2) is 0 Å². The molecular formula is C24H30BrN3O2. The minimum absolute atomic E-state index is 0.00113. The second-order valence-electron chi connectivity index (χ2n) is 8.32. The number of anilines is 1. The van der Waals surface area contributed by atoms with E-state index in [2.05, 4.69) is 57.4 Å². The van der Waals surface area contributed by atoms with Gasteiger partial charge in [-0.2, -0.15) is 0 Å². The van der Waals surface area contributed by atoms with Gasteiger partial charge in [0.25, 0.3) is 5.91 Å². The standard InChI is InChI=1S/C24H30BrN3O2/c1-17(2)15-26-24(30)21-8-3-4-9-22(21)27-23(29)19-10-12-28(13-11-19)16-18-6-5-7-20(25)14-18/h3-9,14,17,19H,10-13,15-16H2,1-2H3,(H,26,30)(H,27,29). The molecule has 2 amide bonds. The first-order chi connectivity index (χ1) is 14.4. The number of rotatable bonds is 7. The molecule has 160 valence electrons. The molecule has 5 nitrogen and oxygen atoms in total. The van der Waals surface area contributed by atoms with Crippen molar-refractivity contribution in [3.63, 3.8) is 0 Å². The molecule has 0 aromatic heterocycles. The number of carbonyl (C=O) groups is 2. The van der Waals surface area contributed by atoms with Gasteiger partial charge in [-0.15, -0.1) is 0 Å². The fraction of sp³-hybridized carbons (Fsp3) is 0.417. The summed E-state index contributed by atoms with van der Waals surface area (Å²) in [5.41, 5.74) is 2.37. The second-order valence-corrected chi connectivity index (χ2v) is 9.23. The molecule has 6 heteroatoms. The number of para-hydroxylation sites is 1. The average molecular weight is 472 g/mol. The van der Waals surface area contributed by atoms with Crippen LogP contribution in [-0.4, -0.2) is 36.3 Å². The number of hydrogen-bond donors (Lipinski definition) is 2. The zero-order chi connectivity index (χ0) is 21.5. The van der Waals surface area contributed by atoms with Crippen LogP contribution < -0.4 is 10.6 Å². The van der Waals surface area contributed by atoms with Gasteiger partial charge in [0.05, 0.1) is 11.3 Å². The van der Waals surface area contributed by atoms with E-state index in [9.17, 15) is 9.59 Å². The number of hydrogen-bond acceptors (Lipinski definition) is 3.